The molecule has 0 spiro atoms. The van der Waals surface area contributed by atoms with Crippen LogP contribution in [0.1, 0.15) is 53.9 Å². The van der Waals surface area contributed by atoms with Crippen molar-refractivity contribution in [3.05, 3.63) is 0 Å². The Morgan fingerprint density at radius 2 is 1.80 bits per heavy atom. The fraction of sp³-hybridized carbons (Fsp3) is 0.917. The summed E-state index contributed by atoms with van der Waals surface area (Å²) in [6, 6.07) is 0.271. The number of carbonyl (C=O) groups is 1. The first-order valence-electron chi connectivity index (χ1n) is 5.73. The molecule has 0 saturated heterocycles. The molecule has 0 saturated carbocycles. The summed E-state index contributed by atoms with van der Waals surface area (Å²) < 4.78 is -0.459. The molecule has 0 aromatic carbocycles. The van der Waals surface area contributed by atoms with E-state index in [1.807, 2.05) is 13.8 Å². The molecule has 0 bridgehead atoms. The summed E-state index contributed by atoms with van der Waals surface area (Å²) in [7, 11) is 0. The Bertz CT molecular complexity index is 196. The zero-order valence-corrected chi connectivity index (χ0v) is 12.1. The van der Waals surface area contributed by atoms with Gasteiger partial charge < -0.3 is 5.32 Å². The van der Waals surface area contributed by atoms with Gasteiger partial charge in [-0.3, -0.25) is 4.79 Å². The predicted octanol–water partition coefficient (Wildman–Crippen LogP) is 3.49. The summed E-state index contributed by atoms with van der Waals surface area (Å²) in [6.45, 7) is 10.2. The summed E-state index contributed by atoms with van der Waals surface area (Å²) in [6.07, 6.45) is 3.48. The molecule has 1 atom stereocenters. The molecule has 0 radical (unpaired) electrons. The SMILES string of the molecule is CC(C)CCCC(C)NC(=O)C(C)(C)Br. The summed E-state index contributed by atoms with van der Waals surface area (Å²) >= 11 is 3.35. The molecule has 0 aliphatic rings. The predicted molar refractivity (Wildman–Crippen MR) is 69.3 cm³/mol. The van der Waals surface area contributed by atoms with Crippen LogP contribution in [0.2, 0.25) is 0 Å². The lowest BCUT2D eigenvalue weighted by Gasteiger charge is -2.20. The van der Waals surface area contributed by atoms with Gasteiger partial charge in [-0.05, 0) is 33.1 Å². The Morgan fingerprint density at radius 3 is 2.20 bits per heavy atom. The Balaban J connectivity index is 3.75. The van der Waals surface area contributed by atoms with Crippen LogP contribution in [-0.2, 0) is 4.79 Å². The van der Waals surface area contributed by atoms with Gasteiger partial charge in [-0.25, -0.2) is 0 Å². The molecule has 90 valence electrons. The van der Waals surface area contributed by atoms with Gasteiger partial charge in [-0.1, -0.05) is 42.6 Å². The second-order valence-electron chi connectivity index (χ2n) is 5.17. The summed E-state index contributed by atoms with van der Waals surface area (Å²) in [5.41, 5.74) is 0. The lowest BCUT2D eigenvalue weighted by molar-refractivity contribution is -0.123. The zero-order valence-electron chi connectivity index (χ0n) is 10.6. The molecule has 0 rings (SSSR count). The van der Waals surface area contributed by atoms with Gasteiger partial charge in [0.25, 0.3) is 0 Å². The number of alkyl halides is 1. The number of hydrogen-bond donors (Lipinski definition) is 1. The van der Waals surface area contributed by atoms with E-state index in [2.05, 4.69) is 42.0 Å². The van der Waals surface area contributed by atoms with Crippen LogP contribution in [0.15, 0.2) is 0 Å². The molecule has 0 aliphatic heterocycles. The molecule has 1 amide bonds. The van der Waals surface area contributed by atoms with Crippen LogP contribution in [0.25, 0.3) is 0 Å². The highest BCUT2D eigenvalue weighted by Crippen LogP contribution is 2.16. The van der Waals surface area contributed by atoms with E-state index in [9.17, 15) is 4.79 Å². The van der Waals surface area contributed by atoms with Gasteiger partial charge in [0, 0.05) is 6.04 Å². The fourth-order valence-electron chi connectivity index (χ4n) is 1.30. The molecule has 0 aliphatic carbocycles. The van der Waals surface area contributed by atoms with Crippen molar-refractivity contribution in [2.45, 2.75) is 64.2 Å². The van der Waals surface area contributed by atoms with Crippen molar-refractivity contribution in [3.63, 3.8) is 0 Å². The van der Waals surface area contributed by atoms with Crippen LogP contribution in [0.4, 0.5) is 0 Å². The van der Waals surface area contributed by atoms with Gasteiger partial charge in [-0.2, -0.15) is 0 Å². The molecule has 15 heavy (non-hydrogen) atoms. The van der Waals surface area contributed by atoms with Gasteiger partial charge in [0.15, 0.2) is 0 Å². The summed E-state index contributed by atoms with van der Waals surface area (Å²) in [5, 5.41) is 3.01. The Hall–Kier alpha value is -0.0500. The zero-order chi connectivity index (χ0) is 12.1. The first-order chi connectivity index (χ1) is 6.73. The van der Waals surface area contributed by atoms with Crippen LogP contribution in [0.5, 0.6) is 0 Å². The first kappa shape index (κ1) is 14.9. The van der Waals surface area contributed by atoms with Crippen molar-refractivity contribution in [1.82, 2.24) is 5.32 Å². The minimum Gasteiger partial charge on any atom is -0.352 e. The van der Waals surface area contributed by atoms with Crippen LogP contribution in [0.3, 0.4) is 0 Å². The summed E-state index contributed by atoms with van der Waals surface area (Å²) in [4.78, 5) is 11.6. The van der Waals surface area contributed by atoms with Gasteiger partial charge in [0.1, 0.15) is 0 Å². The third kappa shape index (κ3) is 7.83. The van der Waals surface area contributed by atoms with Gasteiger partial charge in [0.2, 0.25) is 5.91 Å². The molecule has 1 unspecified atom stereocenters. The number of halogens is 1. The second kappa shape index (κ2) is 6.51. The van der Waals surface area contributed by atoms with Crippen LogP contribution >= 0.6 is 15.9 Å². The average Bonchev–Trinajstić information content (AvgIpc) is 2.01. The minimum atomic E-state index is -0.459. The standard InChI is InChI=1S/C12H24BrNO/c1-9(2)7-6-8-10(3)14-11(15)12(4,5)13/h9-10H,6-8H2,1-5H3,(H,14,15). The molecule has 0 heterocycles. The molecular weight excluding hydrogens is 254 g/mol. The highest BCUT2D eigenvalue weighted by atomic mass is 79.9. The van der Waals surface area contributed by atoms with Crippen molar-refractivity contribution >= 4 is 21.8 Å². The lowest BCUT2D eigenvalue weighted by Crippen LogP contribution is -2.42. The summed E-state index contributed by atoms with van der Waals surface area (Å²) in [5.74, 6) is 0.820. The van der Waals surface area contributed by atoms with Crippen molar-refractivity contribution in [2.24, 2.45) is 5.92 Å². The van der Waals surface area contributed by atoms with Gasteiger partial charge in [0.05, 0.1) is 4.32 Å². The number of nitrogens with one attached hydrogen (secondary N) is 1. The van der Waals surface area contributed by atoms with Gasteiger partial charge in [-0.15, -0.1) is 0 Å². The number of carbonyl (C=O) groups excluding carboxylic acids is 1. The molecule has 0 fully saturated rings. The van der Waals surface area contributed by atoms with E-state index in [0.29, 0.717) is 0 Å². The quantitative estimate of drug-likeness (QED) is 0.740. The number of hydrogen-bond acceptors (Lipinski definition) is 1. The first-order valence-corrected chi connectivity index (χ1v) is 6.52. The van der Waals surface area contributed by atoms with Crippen molar-refractivity contribution in [2.75, 3.05) is 0 Å². The highest BCUT2D eigenvalue weighted by Gasteiger charge is 2.24. The van der Waals surface area contributed by atoms with Crippen LogP contribution in [-0.4, -0.2) is 16.3 Å². The second-order valence-corrected chi connectivity index (χ2v) is 7.15. The van der Waals surface area contributed by atoms with E-state index in [4.69, 9.17) is 0 Å². The maximum absolute atomic E-state index is 11.6. The molecule has 3 heteroatoms. The highest BCUT2D eigenvalue weighted by molar-refractivity contribution is 9.10. The van der Waals surface area contributed by atoms with Crippen molar-refractivity contribution < 1.29 is 4.79 Å². The lowest BCUT2D eigenvalue weighted by atomic mass is 10.0. The Morgan fingerprint density at radius 1 is 1.27 bits per heavy atom. The van der Waals surface area contributed by atoms with Crippen LogP contribution in [0, 0.1) is 5.92 Å². The molecule has 1 N–H and O–H groups in total. The maximum Gasteiger partial charge on any atom is 0.236 e. The smallest absolute Gasteiger partial charge is 0.236 e. The van der Waals surface area contributed by atoms with E-state index in [1.165, 1.54) is 12.8 Å². The van der Waals surface area contributed by atoms with Crippen molar-refractivity contribution in [3.8, 4) is 0 Å². The van der Waals surface area contributed by atoms with E-state index in [0.717, 1.165) is 12.3 Å². The molecule has 2 nitrogen and oxygen atoms in total. The Labute approximate surface area is 102 Å². The van der Waals surface area contributed by atoms with E-state index in [1.54, 1.807) is 0 Å². The molecular formula is C12H24BrNO. The van der Waals surface area contributed by atoms with Crippen LogP contribution < -0.4 is 5.32 Å². The third-order valence-corrected chi connectivity index (χ3v) is 2.70. The van der Waals surface area contributed by atoms with Gasteiger partial charge >= 0.3 is 0 Å². The largest absolute Gasteiger partial charge is 0.352 e. The number of rotatable bonds is 6. The number of amides is 1. The monoisotopic (exact) mass is 277 g/mol. The maximum atomic E-state index is 11.6. The average molecular weight is 278 g/mol. The molecule has 0 aromatic heterocycles. The van der Waals surface area contributed by atoms with E-state index < -0.39 is 4.32 Å². The third-order valence-electron chi connectivity index (χ3n) is 2.34. The van der Waals surface area contributed by atoms with Crippen molar-refractivity contribution in [1.29, 1.82) is 0 Å². The minimum absolute atomic E-state index is 0.0690. The van der Waals surface area contributed by atoms with E-state index >= 15 is 0 Å². The fourth-order valence-corrected chi connectivity index (χ4v) is 1.41. The topological polar surface area (TPSA) is 29.1 Å². The Kier molecular flexibility index (Phi) is 6.49. The normalized spacial score (nSPS) is 14.1. The van der Waals surface area contributed by atoms with E-state index in [-0.39, 0.29) is 11.9 Å². The molecule has 0 aromatic rings.